The number of aliphatic hydroxyl groups is 1. The topological polar surface area (TPSA) is 72.9 Å². The molecule has 3 amide bonds. The summed E-state index contributed by atoms with van der Waals surface area (Å²) in [6.07, 6.45) is 2.10. The minimum atomic E-state index is -0.281. The molecule has 132 valence electrons. The van der Waals surface area contributed by atoms with E-state index in [1.807, 2.05) is 17.9 Å². The maximum atomic E-state index is 12.6. The number of piperidine rings is 1. The molecular weight excluding hydrogens is 306 g/mol. The van der Waals surface area contributed by atoms with E-state index in [2.05, 4.69) is 12.2 Å². The number of nitrogens with one attached hydrogen (secondary N) is 1. The first-order chi connectivity index (χ1) is 11.4. The van der Waals surface area contributed by atoms with Crippen molar-refractivity contribution in [3.63, 3.8) is 0 Å². The van der Waals surface area contributed by atoms with Gasteiger partial charge in [0.25, 0.3) is 5.91 Å². The second-order valence-corrected chi connectivity index (χ2v) is 6.58. The largest absolute Gasteiger partial charge is 0.395 e. The van der Waals surface area contributed by atoms with Crippen molar-refractivity contribution in [1.29, 1.82) is 0 Å². The number of hydrogen-bond acceptors (Lipinski definition) is 3. The highest BCUT2D eigenvalue weighted by atomic mass is 16.3. The van der Waals surface area contributed by atoms with Crippen LogP contribution in [0.3, 0.4) is 0 Å². The van der Waals surface area contributed by atoms with E-state index in [9.17, 15) is 9.59 Å². The lowest BCUT2D eigenvalue weighted by Crippen LogP contribution is -2.38. The Morgan fingerprint density at radius 2 is 2.00 bits per heavy atom. The number of aliphatic hydroxyl groups excluding tert-OH is 1. The molecule has 1 heterocycles. The SMILES string of the molecule is Cc1cc(C(=O)N2CCC(C)CC2)ccc1NC(=O)N(C)CCO. The second kappa shape index (κ2) is 8.15. The summed E-state index contributed by atoms with van der Waals surface area (Å²) in [5, 5.41) is 11.7. The van der Waals surface area contributed by atoms with Gasteiger partial charge in [0.2, 0.25) is 0 Å². The van der Waals surface area contributed by atoms with E-state index in [1.54, 1.807) is 19.2 Å². The number of carbonyl (C=O) groups excluding carboxylic acids is 2. The molecule has 2 N–H and O–H groups in total. The van der Waals surface area contributed by atoms with Gasteiger partial charge in [0.05, 0.1) is 6.61 Å². The third-order valence-corrected chi connectivity index (χ3v) is 4.57. The van der Waals surface area contributed by atoms with Gasteiger partial charge in [-0.1, -0.05) is 6.92 Å². The van der Waals surface area contributed by atoms with E-state index in [0.29, 0.717) is 17.2 Å². The van der Waals surface area contributed by atoms with Crippen LogP contribution in [0.1, 0.15) is 35.7 Å². The molecule has 0 unspecified atom stereocenters. The first-order valence-electron chi connectivity index (χ1n) is 8.45. The summed E-state index contributed by atoms with van der Waals surface area (Å²) < 4.78 is 0. The fraction of sp³-hybridized carbons (Fsp3) is 0.556. The van der Waals surface area contributed by atoms with Crippen LogP contribution in [0.2, 0.25) is 0 Å². The Morgan fingerprint density at radius 3 is 2.58 bits per heavy atom. The Kier molecular flexibility index (Phi) is 6.20. The highest BCUT2D eigenvalue weighted by Crippen LogP contribution is 2.21. The molecule has 0 bridgehead atoms. The van der Waals surface area contributed by atoms with Crippen LogP contribution in [0, 0.1) is 12.8 Å². The predicted octanol–water partition coefficient (Wildman–Crippen LogP) is 2.32. The van der Waals surface area contributed by atoms with Gasteiger partial charge < -0.3 is 20.2 Å². The maximum absolute atomic E-state index is 12.6. The lowest BCUT2D eigenvalue weighted by atomic mass is 9.98. The molecule has 1 aliphatic heterocycles. The van der Waals surface area contributed by atoms with Crippen LogP contribution < -0.4 is 5.32 Å². The molecule has 0 radical (unpaired) electrons. The number of nitrogens with zero attached hydrogens (tertiary/aromatic N) is 2. The summed E-state index contributed by atoms with van der Waals surface area (Å²) in [6.45, 7) is 5.90. The highest BCUT2D eigenvalue weighted by molar-refractivity contribution is 5.96. The number of likely N-dealkylation sites (N-methyl/N-ethyl adjacent to an activating group) is 1. The summed E-state index contributed by atoms with van der Waals surface area (Å²) in [5.74, 6) is 0.740. The molecule has 6 heteroatoms. The van der Waals surface area contributed by atoms with Gasteiger partial charge in [-0.05, 0) is 49.4 Å². The molecule has 1 fully saturated rings. The number of aryl methyl sites for hydroxylation is 1. The van der Waals surface area contributed by atoms with E-state index in [1.165, 1.54) is 4.90 Å². The van der Waals surface area contributed by atoms with Crippen molar-refractivity contribution >= 4 is 17.6 Å². The molecule has 1 aliphatic rings. The third-order valence-electron chi connectivity index (χ3n) is 4.57. The lowest BCUT2D eigenvalue weighted by Gasteiger charge is -2.30. The van der Waals surface area contributed by atoms with E-state index >= 15 is 0 Å². The van der Waals surface area contributed by atoms with Gasteiger partial charge in [0.15, 0.2) is 0 Å². The van der Waals surface area contributed by atoms with Gasteiger partial charge in [-0.3, -0.25) is 4.79 Å². The fourth-order valence-electron chi connectivity index (χ4n) is 2.79. The van der Waals surface area contributed by atoms with Crippen LogP contribution in [-0.2, 0) is 0 Å². The molecule has 0 atom stereocenters. The monoisotopic (exact) mass is 333 g/mol. The van der Waals surface area contributed by atoms with Crippen molar-refractivity contribution in [3.8, 4) is 0 Å². The highest BCUT2D eigenvalue weighted by Gasteiger charge is 2.22. The number of benzene rings is 1. The molecule has 0 saturated carbocycles. The zero-order valence-electron chi connectivity index (χ0n) is 14.7. The molecular formula is C18H27N3O3. The van der Waals surface area contributed by atoms with E-state index in [4.69, 9.17) is 5.11 Å². The molecule has 6 nitrogen and oxygen atoms in total. The van der Waals surface area contributed by atoms with Crippen LogP contribution >= 0.6 is 0 Å². The second-order valence-electron chi connectivity index (χ2n) is 6.58. The van der Waals surface area contributed by atoms with E-state index < -0.39 is 0 Å². The average Bonchev–Trinajstić information content (AvgIpc) is 2.57. The van der Waals surface area contributed by atoms with Crippen molar-refractivity contribution in [2.45, 2.75) is 26.7 Å². The molecule has 0 aromatic heterocycles. The van der Waals surface area contributed by atoms with Crippen LogP contribution in [0.15, 0.2) is 18.2 Å². The van der Waals surface area contributed by atoms with Gasteiger partial charge in [0, 0.05) is 37.9 Å². The van der Waals surface area contributed by atoms with E-state index in [-0.39, 0.29) is 25.1 Å². The molecule has 24 heavy (non-hydrogen) atoms. The Balaban J connectivity index is 2.03. The van der Waals surface area contributed by atoms with Gasteiger partial charge in [-0.2, -0.15) is 0 Å². The average molecular weight is 333 g/mol. The van der Waals surface area contributed by atoms with Crippen molar-refractivity contribution < 1.29 is 14.7 Å². The predicted molar refractivity (Wildman–Crippen MR) is 94.2 cm³/mol. The van der Waals surface area contributed by atoms with Crippen LogP contribution in [0.4, 0.5) is 10.5 Å². The number of urea groups is 1. The summed E-state index contributed by atoms with van der Waals surface area (Å²) in [4.78, 5) is 27.9. The number of hydrogen-bond donors (Lipinski definition) is 2. The number of rotatable bonds is 4. The number of amides is 3. The van der Waals surface area contributed by atoms with Crippen molar-refractivity contribution in [3.05, 3.63) is 29.3 Å². The van der Waals surface area contributed by atoms with E-state index in [0.717, 1.165) is 31.5 Å². The van der Waals surface area contributed by atoms with Crippen molar-refractivity contribution in [2.24, 2.45) is 5.92 Å². The quantitative estimate of drug-likeness (QED) is 0.888. The zero-order valence-corrected chi connectivity index (χ0v) is 14.7. The molecule has 0 aliphatic carbocycles. The first kappa shape index (κ1) is 18.3. The number of likely N-dealkylation sites (tertiary alicyclic amines) is 1. The Labute approximate surface area is 143 Å². The van der Waals surface area contributed by atoms with Gasteiger partial charge >= 0.3 is 6.03 Å². The molecule has 1 aromatic rings. The summed E-state index contributed by atoms with van der Waals surface area (Å²) >= 11 is 0. The Morgan fingerprint density at radius 1 is 1.33 bits per heavy atom. The standard InChI is InChI=1S/C18H27N3O3/c1-13-6-8-21(9-7-13)17(23)15-4-5-16(14(2)12-15)19-18(24)20(3)10-11-22/h4-5,12-13,22H,6-11H2,1-3H3,(H,19,24). The lowest BCUT2D eigenvalue weighted by molar-refractivity contribution is 0.0697. The van der Waals surface area contributed by atoms with Crippen LogP contribution in [-0.4, -0.2) is 60.1 Å². The van der Waals surface area contributed by atoms with Crippen LogP contribution in [0.25, 0.3) is 0 Å². The van der Waals surface area contributed by atoms with Crippen molar-refractivity contribution in [2.75, 3.05) is 38.6 Å². The summed E-state index contributed by atoms with van der Waals surface area (Å²) in [5.41, 5.74) is 2.18. The minimum Gasteiger partial charge on any atom is -0.395 e. The first-order valence-corrected chi connectivity index (χ1v) is 8.45. The molecule has 2 rings (SSSR count). The molecule has 0 spiro atoms. The third kappa shape index (κ3) is 4.47. The fourth-order valence-corrected chi connectivity index (χ4v) is 2.79. The molecule has 1 saturated heterocycles. The smallest absolute Gasteiger partial charge is 0.321 e. The normalized spacial score (nSPS) is 15.2. The molecule has 1 aromatic carbocycles. The van der Waals surface area contributed by atoms with Crippen LogP contribution in [0.5, 0.6) is 0 Å². The summed E-state index contributed by atoms with van der Waals surface area (Å²) in [6, 6.07) is 5.06. The Hall–Kier alpha value is -2.08. The number of carbonyl (C=O) groups is 2. The van der Waals surface area contributed by atoms with Gasteiger partial charge in [0.1, 0.15) is 0 Å². The summed E-state index contributed by atoms with van der Waals surface area (Å²) in [7, 11) is 1.62. The minimum absolute atomic E-state index is 0.0558. The van der Waals surface area contributed by atoms with Crippen molar-refractivity contribution in [1.82, 2.24) is 9.80 Å². The number of anilines is 1. The maximum Gasteiger partial charge on any atom is 0.321 e. The van der Waals surface area contributed by atoms with Gasteiger partial charge in [-0.15, -0.1) is 0 Å². The Bertz CT molecular complexity index is 595. The van der Waals surface area contributed by atoms with Gasteiger partial charge in [-0.25, -0.2) is 4.79 Å². The zero-order chi connectivity index (χ0) is 17.7.